The number of nitrogens with one attached hydrogen (secondary N) is 2. The number of halogens is 3. The molecule has 1 aromatic carbocycles. The van der Waals surface area contributed by atoms with Gasteiger partial charge < -0.3 is 15.4 Å². The summed E-state index contributed by atoms with van der Waals surface area (Å²) in [4.78, 5) is 5.39. The molecule has 0 aliphatic carbocycles. The number of methoxy groups -OCH3 is 1. The minimum Gasteiger partial charge on any atom is -0.496 e. The van der Waals surface area contributed by atoms with Gasteiger partial charge in [0.05, 0.1) is 13.7 Å². The number of benzene rings is 1. The first-order valence-electron chi connectivity index (χ1n) is 8.58. The first kappa shape index (κ1) is 22.1. The van der Waals surface area contributed by atoms with Crippen molar-refractivity contribution in [3.05, 3.63) is 29.3 Å². The lowest BCUT2D eigenvalue weighted by atomic mass is 10.1. The van der Waals surface area contributed by atoms with E-state index in [9.17, 15) is 13.2 Å². The van der Waals surface area contributed by atoms with Gasteiger partial charge in [0, 0.05) is 20.1 Å². The molecule has 5 nitrogen and oxygen atoms in total. The van der Waals surface area contributed by atoms with Crippen molar-refractivity contribution < 1.29 is 17.9 Å². The summed E-state index contributed by atoms with van der Waals surface area (Å²) in [6, 6.07) is 6.11. The topological polar surface area (TPSA) is 48.9 Å². The molecule has 1 aromatic rings. The van der Waals surface area contributed by atoms with Crippen LogP contribution in [0.15, 0.2) is 23.2 Å². The Bertz CT molecular complexity index is 576. The fraction of sp³-hybridized carbons (Fsp3) is 0.611. The van der Waals surface area contributed by atoms with Crippen LogP contribution in [0.25, 0.3) is 0 Å². The summed E-state index contributed by atoms with van der Waals surface area (Å²) in [6.07, 6.45) is -2.74. The number of alkyl halides is 3. The Morgan fingerprint density at radius 2 is 1.92 bits per heavy atom. The first-order chi connectivity index (χ1) is 12.2. The van der Waals surface area contributed by atoms with Gasteiger partial charge in [0.1, 0.15) is 5.75 Å². The highest BCUT2D eigenvalue weighted by Crippen LogP contribution is 2.19. The van der Waals surface area contributed by atoms with Crippen molar-refractivity contribution in [1.29, 1.82) is 0 Å². The zero-order valence-electron chi connectivity index (χ0n) is 15.9. The normalized spacial score (nSPS) is 12.4. The standard InChI is InChI=1S/C18H29F3N4O/c1-14-6-7-15(12-16(14)26-4)8-10-24-17(22-2)23-9-5-11-25(3)13-18(19,20)21/h6-7,12H,5,8-11,13H2,1-4H3,(H2,22,23,24). The molecule has 0 spiro atoms. The van der Waals surface area contributed by atoms with Crippen molar-refractivity contribution in [1.82, 2.24) is 15.5 Å². The minimum atomic E-state index is -4.15. The van der Waals surface area contributed by atoms with Crippen LogP contribution in [0.5, 0.6) is 5.75 Å². The molecular weight excluding hydrogens is 345 g/mol. The molecule has 0 heterocycles. The molecule has 0 atom stereocenters. The SMILES string of the molecule is CN=C(NCCCN(C)CC(F)(F)F)NCCc1ccc(C)c(OC)c1. The van der Waals surface area contributed by atoms with Gasteiger partial charge in [-0.15, -0.1) is 0 Å². The van der Waals surface area contributed by atoms with E-state index in [4.69, 9.17) is 4.74 Å². The number of rotatable bonds is 9. The molecule has 0 aromatic heterocycles. The zero-order valence-corrected chi connectivity index (χ0v) is 15.9. The molecule has 0 unspecified atom stereocenters. The van der Waals surface area contributed by atoms with Crippen molar-refractivity contribution in [2.75, 3.05) is 47.4 Å². The Kier molecular flexibility index (Phi) is 9.26. The Balaban J connectivity index is 2.27. The molecule has 2 N–H and O–H groups in total. The molecule has 0 radical (unpaired) electrons. The van der Waals surface area contributed by atoms with E-state index >= 15 is 0 Å². The first-order valence-corrected chi connectivity index (χ1v) is 8.58. The van der Waals surface area contributed by atoms with Gasteiger partial charge in [-0.3, -0.25) is 9.89 Å². The number of guanidine groups is 1. The van der Waals surface area contributed by atoms with Gasteiger partial charge in [0.15, 0.2) is 5.96 Å². The van der Waals surface area contributed by atoms with E-state index in [1.165, 1.54) is 11.9 Å². The van der Waals surface area contributed by atoms with Crippen molar-refractivity contribution in [2.24, 2.45) is 4.99 Å². The third-order valence-electron chi connectivity index (χ3n) is 3.86. The average molecular weight is 374 g/mol. The van der Waals surface area contributed by atoms with Crippen molar-refractivity contribution in [3.8, 4) is 5.75 Å². The highest BCUT2D eigenvalue weighted by molar-refractivity contribution is 5.79. The predicted octanol–water partition coefficient (Wildman–Crippen LogP) is 2.60. The van der Waals surface area contributed by atoms with Gasteiger partial charge in [-0.1, -0.05) is 12.1 Å². The summed E-state index contributed by atoms with van der Waals surface area (Å²) in [7, 11) is 4.79. The third-order valence-corrected chi connectivity index (χ3v) is 3.86. The van der Waals surface area contributed by atoms with Crippen LogP contribution in [0.3, 0.4) is 0 Å². The molecule has 0 fully saturated rings. The molecule has 0 aliphatic rings. The van der Waals surface area contributed by atoms with E-state index in [-0.39, 0.29) is 0 Å². The molecule has 0 amide bonds. The third kappa shape index (κ3) is 8.94. The maximum Gasteiger partial charge on any atom is 0.401 e. The van der Waals surface area contributed by atoms with Gasteiger partial charge in [-0.2, -0.15) is 13.2 Å². The largest absolute Gasteiger partial charge is 0.496 e. The molecule has 0 saturated heterocycles. The maximum absolute atomic E-state index is 12.3. The van der Waals surface area contributed by atoms with E-state index in [1.54, 1.807) is 14.2 Å². The number of nitrogens with zero attached hydrogens (tertiary/aromatic N) is 2. The Morgan fingerprint density at radius 3 is 2.54 bits per heavy atom. The van der Waals surface area contributed by atoms with Gasteiger partial charge >= 0.3 is 6.18 Å². The number of hydrogen-bond acceptors (Lipinski definition) is 3. The number of ether oxygens (including phenoxy) is 1. The van der Waals surface area contributed by atoms with Crippen LogP contribution in [0.4, 0.5) is 13.2 Å². The van der Waals surface area contributed by atoms with Gasteiger partial charge in [-0.25, -0.2) is 0 Å². The fourth-order valence-electron chi connectivity index (χ4n) is 2.51. The lowest BCUT2D eigenvalue weighted by molar-refractivity contribution is -0.143. The van der Waals surface area contributed by atoms with E-state index in [0.29, 0.717) is 32.0 Å². The molecule has 0 bridgehead atoms. The predicted molar refractivity (Wildman–Crippen MR) is 99.0 cm³/mol. The Morgan fingerprint density at radius 1 is 1.23 bits per heavy atom. The Hall–Kier alpha value is -1.96. The van der Waals surface area contributed by atoms with Crippen molar-refractivity contribution in [2.45, 2.75) is 25.9 Å². The van der Waals surface area contributed by atoms with E-state index in [1.807, 2.05) is 19.1 Å². The lowest BCUT2D eigenvalue weighted by Gasteiger charge is -2.19. The van der Waals surface area contributed by atoms with E-state index < -0.39 is 12.7 Å². The lowest BCUT2D eigenvalue weighted by Crippen LogP contribution is -2.40. The van der Waals surface area contributed by atoms with Crippen LogP contribution >= 0.6 is 0 Å². The van der Waals surface area contributed by atoms with Crippen LogP contribution in [-0.2, 0) is 6.42 Å². The molecule has 8 heteroatoms. The van der Waals surface area contributed by atoms with Crippen LogP contribution in [0.1, 0.15) is 17.5 Å². The summed E-state index contributed by atoms with van der Waals surface area (Å²) in [5.41, 5.74) is 2.25. The second-order valence-corrected chi connectivity index (χ2v) is 6.19. The molecular formula is C18H29F3N4O. The smallest absolute Gasteiger partial charge is 0.401 e. The van der Waals surface area contributed by atoms with E-state index in [2.05, 4.69) is 21.7 Å². The van der Waals surface area contributed by atoms with Crippen LogP contribution in [0.2, 0.25) is 0 Å². The molecule has 0 aliphatic heterocycles. The number of aliphatic imine (C=N–C) groups is 1. The Labute approximate surface area is 153 Å². The monoisotopic (exact) mass is 374 g/mol. The summed E-state index contributed by atoms with van der Waals surface area (Å²) >= 11 is 0. The second kappa shape index (κ2) is 10.9. The van der Waals surface area contributed by atoms with Gasteiger partial charge in [0.2, 0.25) is 0 Å². The molecule has 26 heavy (non-hydrogen) atoms. The van der Waals surface area contributed by atoms with Crippen LogP contribution in [-0.4, -0.2) is 64.4 Å². The second-order valence-electron chi connectivity index (χ2n) is 6.19. The fourth-order valence-corrected chi connectivity index (χ4v) is 2.51. The van der Waals surface area contributed by atoms with Crippen molar-refractivity contribution in [3.63, 3.8) is 0 Å². The molecule has 0 saturated carbocycles. The van der Waals surface area contributed by atoms with Crippen molar-refractivity contribution >= 4 is 5.96 Å². The highest BCUT2D eigenvalue weighted by Gasteiger charge is 2.28. The quantitative estimate of drug-likeness (QED) is 0.396. The molecule has 148 valence electrons. The average Bonchev–Trinajstić information content (AvgIpc) is 2.56. The summed E-state index contributed by atoms with van der Waals surface area (Å²) < 4.78 is 42.1. The number of aryl methyl sites for hydroxylation is 1. The molecule has 1 rings (SSSR count). The van der Waals surface area contributed by atoms with Crippen LogP contribution in [0, 0.1) is 6.92 Å². The zero-order chi connectivity index (χ0) is 19.6. The van der Waals surface area contributed by atoms with Gasteiger partial charge in [-0.05, 0) is 50.6 Å². The summed E-state index contributed by atoms with van der Waals surface area (Å²) in [5.74, 6) is 1.51. The summed E-state index contributed by atoms with van der Waals surface area (Å²) in [6.45, 7) is 2.73. The van der Waals surface area contributed by atoms with Crippen LogP contribution < -0.4 is 15.4 Å². The maximum atomic E-state index is 12.3. The van der Waals surface area contributed by atoms with Gasteiger partial charge in [0.25, 0.3) is 0 Å². The minimum absolute atomic E-state index is 0.368. The highest BCUT2D eigenvalue weighted by atomic mass is 19.4. The number of hydrogen-bond donors (Lipinski definition) is 2. The summed E-state index contributed by atoms with van der Waals surface area (Å²) in [5, 5.41) is 6.31. The van der Waals surface area contributed by atoms with E-state index in [0.717, 1.165) is 23.3 Å².